The normalized spacial score (nSPS) is 18.0. The average Bonchev–Trinajstić information content (AvgIpc) is 2.63. The fourth-order valence-corrected chi connectivity index (χ4v) is 1.95. The van der Waals surface area contributed by atoms with Gasteiger partial charge in [-0.15, -0.1) is 0 Å². The first kappa shape index (κ1) is 11.9. The van der Waals surface area contributed by atoms with E-state index in [1.165, 1.54) is 19.2 Å². The number of ether oxygens (including phenoxy) is 1. The Balaban J connectivity index is 2.11. The highest BCUT2D eigenvalue weighted by Crippen LogP contribution is 2.29. The number of fused-ring (bicyclic) bond motifs is 1. The van der Waals surface area contributed by atoms with Crippen LogP contribution >= 0.6 is 0 Å². The number of esters is 1. The molecule has 0 bridgehead atoms. The Bertz CT molecular complexity index is 434. The molecule has 0 saturated heterocycles. The fraction of sp³-hybridized carbons (Fsp3) is 0.364. The van der Waals surface area contributed by atoms with E-state index in [2.05, 4.69) is 4.74 Å². The van der Waals surface area contributed by atoms with Gasteiger partial charge in [-0.1, -0.05) is 6.07 Å². The van der Waals surface area contributed by atoms with E-state index in [0.29, 0.717) is 11.9 Å². The van der Waals surface area contributed by atoms with E-state index in [9.17, 15) is 14.9 Å². The van der Waals surface area contributed by atoms with Gasteiger partial charge in [0.05, 0.1) is 13.2 Å². The van der Waals surface area contributed by atoms with Crippen molar-refractivity contribution in [2.75, 3.05) is 7.11 Å². The molecular weight excluding hydrogens is 223 g/mol. The van der Waals surface area contributed by atoms with Gasteiger partial charge >= 0.3 is 13.1 Å². The van der Waals surface area contributed by atoms with Crippen LogP contribution in [0, 0.1) is 0 Å². The first-order chi connectivity index (χ1) is 8.11. The number of rotatable bonds is 3. The van der Waals surface area contributed by atoms with E-state index in [4.69, 9.17) is 4.65 Å². The third-order valence-electron chi connectivity index (χ3n) is 2.81. The number of phenols is 1. The molecule has 1 heterocycles. The number of benzene rings is 1. The van der Waals surface area contributed by atoms with Crippen LogP contribution in [0.4, 0.5) is 0 Å². The molecule has 1 aliphatic rings. The van der Waals surface area contributed by atoms with Gasteiger partial charge in [0.15, 0.2) is 0 Å². The zero-order chi connectivity index (χ0) is 12.4. The summed E-state index contributed by atoms with van der Waals surface area (Å²) in [4.78, 5) is 11.0. The van der Waals surface area contributed by atoms with Crippen molar-refractivity contribution in [2.24, 2.45) is 0 Å². The van der Waals surface area contributed by atoms with Crippen molar-refractivity contribution in [1.82, 2.24) is 0 Å². The van der Waals surface area contributed by atoms with Crippen LogP contribution in [0.1, 0.15) is 24.5 Å². The van der Waals surface area contributed by atoms with E-state index < -0.39 is 7.12 Å². The number of aromatic hydroxyl groups is 1. The van der Waals surface area contributed by atoms with E-state index in [0.717, 1.165) is 5.56 Å². The summed E-state index contributed by atoms with van der Waals surface area (Å²) >= 11 is 0. The monoisotopic (exact) mass is 236 g/mol. The highest BCUT2D eigenvalue weighted by Gasteiger charge is 2.35. The summed E-state index contributed by atoms with van der Waals surface area (Å²) in [5.74, 6) is -0.227. The van der Waals surface area contributed by atoms with Crippen molar-refractivity contribution in [3.63, 3.8) is 0 Å². The van der Waals surface area contributed by atoms with Crippen LogP contribution in [0.5, 0.6) is 5.75 Å². The lowest BCUT2D eigenvalue weighted by Gasteiger charge is -2.11. The molecule has 17 heavy (non-hydrogen) atoms. The number of methoxy groups -OCH3 is 1. The molecule has 0 amide bonds. The molecule has 1 aliphatic heterocycles. The molecular formula is C11H13BO5. The molecule has 1 aromatic rings. The third-order valence-corrected chi connectivity index (χ3v) is 2.81. The van der Waals surface area contributed by atoms with Gasteiger partial charge in [-0.25, -0.2) is 0 Å². The summed E-state index contributed by atoms with van der Waals surface area (Å²) in [6.07, 6.45) is 0.343. The maximum absolute atomic E-state index is 11.0. The molecule has 0 spiro atoms. The standard InChI is InChI=1S/C11H13BO5/c1-16-11(14)5-4-10-8-3-2-7(13)6-9(8)12(15)17-10/h2-3,6,10,13,15H,4-5H2,1H3/t10-/m1/s1. The molecule has 0 aliphatic carbocycles. The maximum atomic E-state index is 11.0. The third kappa shape index (κ3) is 2.43. The summed E-state index contributed by atoms with van der Waals surface area (Å²) in [6, 6.07) is 4.70. The predicted octanol–water partition coefficient (Wildman–Crippen LogP) is 0.104. The lowest BCUT2D eigenvalue weighted by atomic mass is 9.79. The fourth-order valence-electron chi connectivity index (χ4n) is 1.95. The molecule has 2 rings (SSSR count). The number of carbonyl (C=O) groups is 1. The topological polar surface area (TPSA) is 76.0 Å². The lowest BCUT2D eigenvalue weighted by Crippen LogP contribution is -2.27. The molecule has 1 atom stereocenters. The van der Waals surface area contributed by atoms with Crippen LogP contribution in [0.2, 0.25) is 0 Å². The highest BCUT2D eigenvalue weighted by molar-refractivity contribution is 6.61. The molecule has 1 aromatic carbocycles. The molecule has 6 heteroatoms. The summed E-state index contributed by atoms with van der Waals surface area (Å²) < 4.78 is 9.87. The quantitative estimate of drug-likeness (QED) is 0.575. The van der Waals surface area contributed by atoms with Gasteiger partial charge in [0.1, 0.15) is 5.75 Å². The van der Waals surface area contributed by atoms with Crippen molar-refractivity contribution >= 4 is 18.6 Å². The van der Waals surface area contributed by atoms with E-state index in [1.54, 1.807) is 6.07 Å². The molecule has 0 saturated carbocycles. The number of hydrogen-bond acceptors (Lipinski definition) is 5. The molecule has 2 N–H and O–H groups in total. The smallest absolute Gasteiger partial charge is 0.492 e. The Morgan fingerprint density at radius 3 is 3.06 bits per heavy atom. The number of phenolic OH excluding ortho intramolecular Hbond substituents is 1. The maximum Gasteiger partial charge on any atom is 0.492 e. The van der Waals surface area contributed by atoms with Crippen LogP contribution in [0.25, 0.3) is 0 Å². The van der Waals surface area contributed by atoms with Gasteiger partial charge in [-0.2, -0.15) is 0 Å². The van der Waals surface area contributed by atoms with Gasteiger partial charge in [-0.05, 0) is 29.6 Å². The van der Waals surface area contributed by atoms with E-state index in [1.807, 2.05) is 0 Å². The van der Waals surface area contributed by atoms with Crippen LogP contribution in [0.15, 0.2) is 18.2 Å². The van der Waals surface area contributed by atoms with E-state index in [-0.39, 0.29) is 24.2 Å². The molecule has 0 radical (unpaired) electrons. The molecule has 5 nitrogen and oxygen atoms in total. The Kier molecular flexibility index (Phi) is 3.35. The van der Waals surface area contributed by atoms with Crippen LogP contribution in [0.3, 0.4) is 0 Å². The minimum Gasteiger partial charge on any atom is -0.508 e. The van der Waals surface area contributed by atoms with Crippen molar-refractivity contribution in [3.8, 4) is 5.75 Å². The second kappa shape index (κ2) is 4.77. The minimum absolute atomic E-state index is 0.0833. The first-order valence-electron chi connectivity index (χ1n) is 5.35. The summed E-state index contributed by atoms with van der Waals surface area (Å²) in [5.41, 5.74) is 1.36. The molecule has 0 aromatic heterocycles. The first-order valence-corrected chi connectivity index (χ1v) is 5.35. The highest BCUT2D eigenvalue weighted by atomic mass is 16.5. The van der Waals surface area contributed by atoms with Crippen LogP contribution in [-0.2, 0) is 14.2 Å². The lowest BCUT2D eigenvalue weighted by molar-refractivity contribution is -0.141. The number of hydrogen-bond donors (Lipinski definition) is 2. The van der Waals surface area contributed by atoms with E-state index >= 15 is 0 Å². The van der Waals surface area contributed by atoms with Crippen LogP contribution in [-0.4, -0.2) is 30.3 Å². The Morgan fingerprint density at radius 1 is 1.59 bits per heavy atom. The SMILES string of the molecule is COC(=O)CC[C@H]1OB(O)c2cc(O)ccc21. The molecule has 0 fully saturated rings. The summed E-state index contributed by atoms with van der Waals surface area (Å²) in [6.45, 7) is 0. The Hall–Kier alpha value is -1.53. The predicted molar refractivity (Wildman–Crippen MR) is 60.8 cm³/mol. The van der Waals surface area contributed by atoms with Gasteiger partial charge in [0, 0.05) is 6.42 Å². The van der Waals surface area contributed by atoms with Gasteiger partial charge in [0.2, 0.25) is 0 Å². The van der Waals surface area contributed by atoms with Crippen molar-refractivity contribution in [1.29, 1.82) is 0 Å². The second-order valence-corrected chi connectivity index (χ2v) is 3.91. The number of carbonyl (C=O) groups excluding carboxylic acids is 1. The largest absolute Gasteiger partial charge is 0.508 e. The second-order valence-electron chi connectivity index (χ2n) is 3.91. The van der Waals surface area contributed by atoms with Gasteiger partial charge in [-0.3, -0.25) is 4.79 Å². The van der Waals surface area contributed by atoms with Crippen molar-refractivity contribution < 1.29 is 24.3 Å². The molecule has 90 valence electrons. The Labute approximate surface area is 99.1 Å². The average molecular weight is 236 g/mol. The van der Waals surface area contributed by atoms with Gasteiger partial charge < -0.3 is 19.5 Å². The Morgan fingerprint density at radius 2 is 2.35 bits per heavy atom. The molecule has 0 unspecified atom stereocenters. The van der Waals surface area contributed by atoms with Crippen LogP contribution < -0.4 is 5.46 Å². The zero-order valence-corrected chi connectivity index (χ0v) is 9.42. The summed E-state index contributed by atoms with van der Waals surface area (Å²) in [5, 5.41) is 19.0. The zero-order valence-electron chi connectivity index (χ0n) is 9.42. The minimum atomic E-state index is -1.04. The summed E-state index contributed by atoms with van der Waals surface area (Å²) in [7, 11) is 0.290. The van der Waals surface area contributed by atoms with Crippen molar-refractivity contribution in [3.05, 3.63) is 23.8 Å². The van der Waals surface area contributed by atoms with Crippen molar-refractivity contribution in [2.45, 2.75) is 18.9 Å². The van der Waals surface area contributed by atoms with Gasteiger partial charge in [0.25, 0.3) is 0 Å².